The molecule has 1 N–H and O–H groups in total. The average molecular weight is 533 g/mol. The van der Waals surface area contributed by atoms with Crippen molar-refractivity contribution in [1.82, 2.24) is 24.4 Å². The molecule has 1 aromatic carbocycles. The standard InChI is InChI=1S/C23H19ClF2N6O3S/c1-30-10-16(28-12-30)22-29-13(8-27-23(34)19-2-3-20(24)36-19)9-32(22)18-7-14(25)17(6-15(18)26)31-4-5-35-11-21(31)33/h2-3,6-7,9-10,12H,4-5,8,11H2,1H3,(H,27,34). The minimum Gasteiger partial charge on any atom is -0.370 e. The summed E-state index contributed by atoms with van der Waals surface area (Å²) in [4.78, 5) is 34.9. The lowest BCUT2D eigenvalue weighted by Gasteiger charge is -2.27. The number of anilines is 1. The monoisotopic (exact) mass is 532 g/mol. The van der Waals surface area contributed by atoms with Gasteiger partial charge >= 0.3 is 0 Å². The van der Waals surface area contributed by atoms with E-state index in [2.05, 4.69) is 15.3 Å². The lowest BCUT2D eigenvalue weighted by Crippen LogP contribution is -2.42. The largest absolute Gasteiger partial charge is 0.370 e. The molecule has 0 aliphatic carbocycles. The fourth-order valence-electron chi connectivity index (χ4n) is 3.79. The van der Waals surface area contributed by atoms with E-state index in [1.807, 2.05) is 0 Å². The number of carbonyl (C=O) groups excluding carboxylic acids is 2. The van der Waals surface area contributed by atoms with Gasteiger partial charge in [-0.2, -0.15) is 0 Å². The van der Waals surface area contributed by atoms with Crippen LogP contribution >= 0.6 is 22.9 Å². The maximum Gasteiger partial charge on any atom is 0.261 e. The Kier molecular flexibility index (Phi) is 6.56. The number of thiophene rings is 1. The molecule has 0 saturated carbocycles. The third-order valence-corrected chi connectivity index (χ3v) is 6.70. The summed E-state index contributed by atoms with van der Waals surface area (Å²) in [6.45, 7) is 0.192. The zero-order valence-corrected chi connectivity index (χ0v) is 20.4. The van der Waals surface area contributed by atoms with E-state index in [9.17, 15) is 9.59 Å². The van der Waals surface area contributed by atoms with E-state index in [0.717, 1.165) is 28.4 Å². The van der Waals surface area contributed by atoms with Crippen molar-refractivity contribution in [3.8, 4) is 17.2 Å². The second kappa shape index (κ2) is 9.80. The van der Waals surface area contributed by atoms with Gasteiger partial charge in [0.15, 0.2) is 5.82 Å². The third kappa shape index (κ3) is 4.74. The molecule has 3 aromatic heterocycles. The predicted molar refractivity (Wildman–Crippen MR) is 129 cm³/mol. The van der Waals surface area contributed by atoms with Gasteiger partial charge in [0.1, 0.15) is 23.9 Å². The molecule has 0 atom stereocenters. The molecule has 4 aromatic rings. The molecule has 36 heavy (non-hydrogen) atoms. The number of hydrogen-bond acceptors (Lipinski definition) is 6. The lowest BCUT2D eigenvalue weighted by atomic mass is 10.2. The summed E-state index contributed by atoms with van der Waals surface area (Å²) >= 11 is 7.04. The van der Waals surface area contributed by atoms with Crippen molar-refractivity contribution in [3.05, 3.63) is 69.5 Å². The highest BCUT2D eigenvalue weighted by Crippen LogP contribution is 2.30. The van der Waals surface area contributed by atoms with Gasteiger partial charge in [0.05, 0.1) is 45.8 Å². The van der Waals surface area contributed by atoms with Crippen LogP contribution in [-0.2, 0) is 23.1 Å². The van der Waals surface area contributed by atoms with Gasteiger partial charge in [0.25, 0.3) is 11.8 Å². The normalized spacial score (nSPS) is 13.9. The highest BCUT2D eigenvalue weighted by molar-refractivity contribution is 7.18. The van der Waals surface area contributed by atoms with Gasteiger partial charge in [-0.15, -0.1) is 11.3 Å². The van der Waals surface area contributed by atoms with Gasteiger partial charge < -0.3 is 19.5 Å². The molecule has 1 fully saturated rings. The quantitative estimate of drug-likeness (QED) is 0.410. The topological polar surface area (TPSA) is 94.3 Å². The molecule has 4 heterocycles. The molecule has 5 rings (SSSR count). The van der Waals surface area contributed by atoms with Crippen molar-refractivity contribution in [1.29, 1.82) is 0 Å². The van der Waals surface area contributed by atoms with Crippen LogP contribution in [0.3, 0.4) is 0 Å². The smallest absolute Gasteiger partial charge is 0.261 e. The molecule has 0 unspecified atom stereocenters. The van der Waals surface area contributed by atoms with E-state index in [-0.39, 0.29) is 49.4 Å². The Morgan fingerprint density at radius 2 is 2.00 bits per heavy atom. The van der Waals surface area contributed by atoms with Crippen molar-refractivity contribution < 1.29 is 23.1 Å². The number of amides is 2. The fraction of sp³-hybridized carbons (Fsp3) is 0.217. The fourth-order valence-corrected chi connectivity index (χ4v) is 4.75. The Balaban J connectivity index is 1.49. The Morgan fingerprint density at radius 1 is 1.22 bits per heavy atom. The molecule has 1 aliphatic rings. The zero-order chi connectivity index (χ0) is 25.4. The first kappa shape index (κ1) is 24.1. The number of nitrogens with one attached hydrogen (secondary N) is 1. The highest BCUT2D eigenvalue weighted by atomic mass is 35.5. The molecule has 9 nitrogen and oxygen atoms in total. The molecular weight excluding hydrogens is 514 g/mol. The van der Waals surface area contributed by atoms with Crippen LogP contribution in [0.5, 0.6) is 0 Å². The number of nitrogens with zero attached hydrogens (tertiary/aromatic N) is 5. The van der Waals surface area contributed by atoms with Crippen molar-refractivity contribution in [2.75, 3.05) is 24.7 Å². The number of morpholine rings is 1. The number of benzene rings is 1. The summed E-state index contributed by atoms with van der Waals surface area (Å²) in [7, 11) is 1.77. The molecule has 0 radical (unpaired) electrons. The number of imidazole rings is 2. The second-order valence-electron chi connectivity index (χ2n) is 7.99. The SMILES string of the molecule is Cn1cnc(-c2nc(CNC(=O)c3ccc(Cl)s3)cn2-c2cc(F)c(N3CCOCC3=O)cc2F)c1. The summed E-state index contributed by atoms with van der Waals surface area (Å²) in [5, 5.41) is 2.75. The van der Waals surface area contributed by atoms with Crippen LogP contribution in [0.25, 0.3) is 17.2 Å². The van der Waals surface area contributed by atoms with Crippen LogP contribution in [0.4, 0.5) is 14.5 Å². The van der Waals surface area contributed by atoms with Crippen LogP contribution in [-0.4, -0.2) is 50.7 Å². The van der Waals surface area contributed by atoms with Crippen LogP contribution in [0, 0.1) is 11.6 Å². The van der Waals surface area contributed by atoms with Gasteiger partial charge in [-0.05, 0) is 12.1 Å². The Labute approximate surface area is 212 Å². The van der Waals surface area contributed by atoms with E-state index in [0.29, 0.717) is 20.6 Å². The van der Waals surface area contributed by atoms with Crippen LogP contribution in [0.1, 0.15) is 15.4 Å². The highest BCUT2D eigenvalue weighted by Gasteiger charge is 2.26. The molecule has 0 spiro atoms. The summed E-state index contributed by atoms with van der Waals surface area (Å²) in [5.41, 5.74) is 0.546. The Morgan fingerprint density at radius 3 is 2.69 bits per heavy atom. The number of aryl methyl sites for hydroxylation is 1. The molecule has 1 saturated heterocycles. The predicted octanol–water partition coefficient (Wildman–Crippen LogP) is 3.56. The molecule has 13 heteroatoms. The van der Waals surface area contributed by atoms with Crippen molar-refractivity contribution >= 4 is 40.4 Å². The average Bonchev–Trinajstić information content (AvgIpc) is 3.59. The zero-order valence-electron chi connectivity index (χ0n) is 18.9. The second-order valence-corrected chi connectivity index (χ2v) is 9.70. The van der Waals surface area contributed by atoms with Gasteiger partial charge in [0, 0.05) is 38.1 Å². The number of halogens is 3. The van der Waals surface area contributed by atoms with Crippen molar-refractivity contribution in [2.24, 2.45) is 7.05 Å². The number of hydrogen-bond donors (Lipinski definition) is 1. The van der Waals surface area contributed by atoms with E-state index in [1.165, 1.54) is 10.8 Å². The van der Waals surface area contributed by atoms with Crippen LogP contribution < -0.4 is 10.2 Å². The summed E-state index contributed by atoms with van der Waals surface area (Å²) < 4.78 is 39.1. The first-order valence-corrected chi connectivity index (χ1v) is 12.0. The molecule has 2 amide bonds. The summed E-state index contributed by atoms with van der Waals surface area (Å²) in [5.74, 6) is -2.06. The summed E-state index contributed by atoms with van der Waals surface area (Å²) in [6.07, 6.45) is 4.74. The Bertz CT molecular complexity index is 1470. The minimum absolute atomic E-state index is 0.0334. The lowest BCUT2D eigenvalue weighted by molar-refractivity contribution is -0.125. The van der Waals surface area contributed by atoms with Crippen LogP contribution in [0.2, 0.25) is 4.34 Å². The number of aromatic nitrogens is 4. The number of carbonyl (C=O) groups is 2. The van der Waals surface area contributed by atoms with Gasteiger partial charge in [-0.25, -0.2) is 18.7 Å². The first-order chi connectivity index (χ1) is 17.3. The number of ether oxygens (including phenoxy) is 1. The minimum atomic E-state index is -0.772. The maximum atomic E-state index is 15.4. The first-order valence-electron chi connectivity index (χ1n) is 10.8. The van der Waals surface area contributed by atoms with E-state index >= 15 is 8.78 Å². The van der Waals surface area contributed by atoms with E-state index in [4.69, 9.17) is 16.3 Å². The third-order valence-electron chi connectivity index (χ3n) is 5.47. The van der Waals surface area contributed by atoms with Gasteiger partial charge in [-0.1, -0.05) is 11.6 Å². The molecular formula is C23H19ClF2N6O3S. The van der Waals surface area contributed by atoms with Crippen molar-refractivity contribution in [3.63, 3.8) is 0 Å². The Hall–Kier alpha value is -3.61. The van der Waals surface area contributed by atoms with Gasteiger partial charge in [-0.3, -0.25) is 14.2 Å². The maximum absolute atomic E-state index is 15.4. The summed E-state index contributed by atoms with van der Waals surface area (Å²) in [6, 6.07) is 5.23. The van der Waals surface area contributed by atoms with Crippen LogP contribution in [0.15, 0.2) is 43.0 Å². The molecule has 1 aliphatic heterocycles. The number of rotatable bonds is 6. The van der Waals surface area contributed by atoms with E-state index in [1.54, 1.807) is 36.3 Å². The van der Waals surface area contributed by atoms with Gasteiger partial charge in [0.2, 0.25) is 0 Å². The van der Waals surface area contributed by atoms with Crippen molar-refractivity contribution in [2.45, 2.75) is 6.54 Å². The molecule has 186 valence electrons. The molecule has 0 bridgehead atoms. The van der Waals surface area contributed by atoms with E-state index < -0.39 is 17.5 Å².